The van der Waals surface area contributed by atoms with Gasteiger partial charge in [-0.1, -0.05) is 30.3 Å². The Kier molecular flexibility index (Phi) is 8.07. The van der Waals surface area contributed by atoms with Gasteiger partial charge in [-0.3, -0.25) is 19.3 Å². The maximum atomic E-state index is 13.1. The van der Waals surface area contributed by atoms with Crippen molar-refractivity contribution in [2.45, 2.75) is 12.7 Å². The Hall–Kier alpha value is -4.25. The lowest BCUT2D eigenvalue weighted by molar-refractivity contribution is -0.137. The SMILES string of the molecule is COc1cccc(N2CCN(C(=O)c3ccc(/C=C4\SC(=O)N(Cc5ccc(C(F)(F)F)cc5)C4=O)cc3)CC2)c1. The van der Waals surface area contributed by atoms with Crippen LogP contribution in [0.25, 0.3) is 6.08 Å². The van der Waals surface area contributed by atoms with E-state index in [4.69, 9.17) is 4.74 Å². The van der Waals surface area contributed by atoms with Crippen LogP contribution in [0.3, 0.4) is 0 Å². The Morgan fingerprint density at radius 1 is 0.951 bits per heavy atom. The number of ether oxygens (including phenoxy) is 1. The average Bonchev–Trinajstić information content (AvgIpc) is 3.24. The Labute approximate surface area is 239 Å². The average molecular weight is 582 g/mol. The number of carbonyl (C=O) groups is 3. The van der Waals surface area contributed by atoms with E-state index in [0.29, 0.717) is 42.9 Å². The topological polar surface area (TPSA) is 70.2 Å². The highest BCUT2D eigenvalue weighted by molar-refractivity contribution is 8.18. The monoisotopic (exact) mass is 581 g/mol. The van der Waals surface area contributed by atoms with Gasteiger partial charge in [0.1, 0.15) is 5.75 Å². The van der Waals surface area contributed by atoms with E-state index in [-0.39, 0.29) is 17.4 Å². The first-order chi connectivity index (χ1) is 19.6. The lowest BCUT2D eigenvalue weighted by atomic mass is 10.1. The molecule has 0 radical (unpaired) electrons. The van der Waals surface area contributed by atoms with Gasteiger partial charge in [0.25, 0.3) is 17.1 Å². The fourth-order valence-electron chi connectivity index (χ4n) is 4.65. The summed E-state index contributed by atoms with van der Waals surface area (Å²) in [5.41, 5.74) is 1.82. The van der Waals surface area contributed by atoms with Crippen molar-refractivity contribution in [3.63, 3.8) is 0 Å². The first-order valence-corrected chi connectivity index (χ1v) is 13.6. The second kappa shape index (κ2) is 11.7. The molecular formula is C30H26F3N3O4S. The van der Waals surface area contributed by atoms with E-state index in [2.05, 4.69) is 4.90 Å². The zero-order chi connectivity index (χ0) is 29.1. The summed E-state index contributed by atoms with van der Waals surface area (Å²) in [5.74, 6) is 0.178. The van der Waals surface area contributed by atoms with Crippen LogP contribution in [0.4, 0.5) is 23.7 Å². The number of benzene rings is 3. The molecule has 0 N–H and O–H groups in total. The molecule has 0 atom stereocenters. The number of hydrogen-bond donors (Lipinski definition) is 0. The molecule has 2 heterocycles. The van der Waals surface area contributed by atoms with Crippen molar-refractivity contribution in [1.82, 2.24) is 9.80 Å². The number of nitrogens with zero attached hydrogens (tertiary/aromatic N) is 3. The third-order valence-corrected chi connectivity index (χ3v) is 7.84. The number of halogens is 3. The molecule has 3 aromatic rings. The van der Waals surface area contributed by atoms with Gasteiger partial charge in [-0.15, -0.1) is 0 Å². The number of rotatable bonds is 6. The highest BCUT2D eigenvalue weighted by Crippen LogP contribution is 2.34. The summed E-state index contributed by atoms with van der Waals surface area (Å²) in [6.07, 6.45) is -2.89. The minimum absolute atomic E-state index is 0.0845. The van der Waals surface area contributed by atoms with E-state index >= 15 is 0 Å². The minimum atomic E-state index is -4.46. The van der Waals surface area contributed by atoms with Crippen LogP contribution in [0.5, 0.6) is 5.75 Å². The number of hydrogen-bond acceptors (Lipinski definition) is 6. The third kappa shape index (κ3) is 6.40. The molecule has 3 aromatic carbocycles. The van der Waals surface area contributed by atoms with Crippen LogP contribution in [0.15, 0.2) is 77.7 Å². The minimum Gasteiger partial charge on any atom is -0.497 e. The van der Waals surface area contributed by atoms with E-state index in [1.54, 1.807) is 42.4 Å². The molecule has 0 aromatic heterocycles. The molecule has 2 aliphatic rings. The fourth-order valence-corrected chi connectivity index (χ4v) is 5.49. The molecular weight excluding hydrogens is 555 g/mol. The predicted molar refractivity (Wildman–Crippen MR) is 151 cm³/mol. The summed E-state index contributed by atoms with van der Waals surface area (Å²) in [7, 11) is 1.63. The van der Waals surface area contributed by atoms with Gasteiger partial charge >= 0.3 is 6.18 Å². The molecule has 0 aliphatic carbocycles. The van der Waals surface area contributed by atoms with Gasteiger partial charge < -0.3 is 14.5 Å². The molecule has 0 unspecified atom stereocenters. The van der Waals surface area contributed by atoms with Crippen molar-refractivity contribution >= 4 is 40.6 Å². The summed E-state index contributed by atoms with van der Waals surface area (Å²) in [6, 6.07) is 19.0. The van der Waals surface area contributed by atoms with E-state index in [1.807, 2.05) is 24.3 Å². The number of piperazine rings is 1. The first kappa shape index (κ1) is 28.3. The smallest absolute Gasteiger partial charge is 0.416 e. The van der Waals surface area contributed by atoms with Crippen molar-refractivity contribution in [3.8, 4) is 5.75 Å². The lowest BCUT2D eigenvalue weighted by Crippen LogP contribution is -2.48. The maximum Gasteiger partial charge on any atom is 0.416 e. The van der Waals surface area contributed by atoms with E-state index in [0.717, 1.165) is 40.2 Å². The van der Waals surface area contributed by atoms with Crippen molar-refractivity contribution in [1.29, 1.82) is 0 Å². The largest absolute Gasteiger partial charge is 0.497 e. The Morgan fingerprint density at radius 3 is 2.27 bits per heavy atom. The molecule has 5 rings (SSSR count). The number of thioether (sulfide) groups is 1. The molecule has 11 heteroatoms. The molecule has 7 nitrogen and oxygen atoms in total. The van der Waals surface area contributed by atoms with Gasteiger partial charge in [0, 0.05) is 43.5 Å². The number of imide groups is 1. The van der Waals surface area contributed by atoms with Gasteiger partial charge in [-0.25, -0.2) is 0 Å². The molecule has 3 amide bonds. The van der Waals surface area contributed by atoms with Crippen molar-refractivity contribution in [2.24, 2.45) is 0 Å². The predicted octanol–water partition coefficient (Wildman–Crippen LogP) is 5.91. The van der Waals surface area contributed by atoms with E-state index < -0.39 is 22.9 Å². The number of amides is 3. The van der Waals surface area contributed by atoms with Gasteiger partial charge in [0.05, 0.1) is 24.1 Å². The highest BCUT2D eigenvalue weighted by Gasteiger charge is 2.35. The van der Waals surface area contributed by atoms with Crippen LogP contribution < -0.4 is 9.64 Å². The van der Waals surface area contributed by atoms with Crippen LogP contribution in [0.2, 0.25) is 0 Å². The molecule has 0 spiro atoms. The fraction of sp³-hybridized carbons (Fsp3) is 0.233. The second-order valence-corrected chi connectivity index (χ2v) is 10.6. The Morgan fingerprint density at radius 2 is 1.63 bits per heavy atom. The molecule has 41 heavy (non-hydrogen) atoms. The van der Waals surface area contributed by atoms with Crippen LogP contribution >= 0.6 is 11.8 Å². The van der Waals surface area contributed by atoms with Gasteiger partial charge in [-0.2, -0.15) is 13.2 Å². The summed E-state index contributed by atoms with van der Waals surface area (Å²) in [5, 5.41) is -0.499. The lowest BCUT2D eigenvalue weighted by Gasteiger charge is -2.36. The van der Waals surface area contributed by atoms with Crippen LogP contribution in [-0.2, 0) is 17.5 Å². The maximum absolute atomic E-state index is 13.1. The first-order valence-electron chi connectivity index (χ1n) is 12.8. The van der Waals surface area contributed by atoms with Crippen molar-refractivity contribution in [2.75, 3.05) is 38.2 Å². The number of methoxy groups -OCH3 is 1. The Balaban J connectivity index is 1.19. The summed E-state index contributed by atoms with van der Waals surface area (Å²) in [6.45, 7) is 2.41. The normalized spacial score (nSPS) is 17.0. The molecule has 212 valence electrons. The van der Waals surface area contributed by atoms with Crippen LogP contribution in [0, 0.1) is 0 Å². The van der Waals surface area contributed by atoms with Gasteiger partial charge in [0.2, 0.25) is 0 Å². The number of carbonyl (C=O) groups excluding carboxylic acids is 3. The van der Waals surface area contributed by atoms with Crippen molar-refractivity contribution in [3.05, 3.63) is 100.0 Å². The van der Waals surface area contributed by atoms with Crippen LogP contribution in [-0.4, -0.2) is 60.1 Å². The highest BCUT2D eigenvalue weighted by atomic mass is 32.2. The molecule has 2 aliphatic heterocycles. The standard InChI is InChI=1S/C30H26F3N3O4S/c1-40-25-4-2-3-24(18-25)34-13-15-35(16-14-34)27(37)22-9-5-20(6-10-22)17-26-28(38)36(29(39)41-26)19-21-7-11-23(12-8-21)30(31,32)33/h2-12,17-18H,13-16,19H2,1H3/b26-17-. The number of alkyl halides is 3. The molecule has 2 saturated heterocycles. The summed E-state index contributed by atoms with van der Waals surface area (Å²) < 4.78 is 43.7. The molecule has 0 bridgehead atoms. The zero-order valence-corrected chi connectivity index (χ0v) is 22.9. The van der Waals surface area contributed by atoms with Gasteiger partial charge in [-0.05, 0) is 65.4 Å². The Bertz CT molecular complexity index is 1480. The second-order valence-electron chi connectivity index (χ2n) is 9.57. The zero-order valence-electron chi connectivity index (χ0n) is 22.1. The third-order valence-electron chi connectivity index (χ3n) is 6.94. The van der Waals surface area contributed by atoms with Gasteiger partial charge in [0.15, 0.2) is 0 Å². The summed E-state index contributed by atoms with van der Waals surface area (Å²) in [4.78, 5) is 43.6. The van der Waals surface area contributed by atoms with E-state index in [9.17, 15) is 27.6 Å². The molecule has 2 fully saturated rings. The molecule has 0 saturated carbocycles. The van der Waals surface area contributed by atoms with Crippen LogP contribution in [0.1, 0.15) is 27.0 Å². The van der Waals surface area contributed by atoms with Crippen molar-refractivity contribution < 1.29 is 32.3 Å². The summed E-state index contributed by atoms with van der Waals surface area (Å²) >= 11 is 0.768. The quantitative estimate of drug-likeness (QED) is 0.337. The number of anilines is 1. The van der Waals surface area contributed by atoms with E-state index in [1.165, 1.54) is 12.1 Å².